The maximum absolute atomic E-state index is 12.2. The van der Waals surface area contributed by atoms with Crippen molar-refractivity contribution in [3.8, 4) is 5.75 Å². The van der Waals surface area contributed by atoms with Crippen molar-refractivity contribution >= 4 is 81.5 Å². The minimum Gasteiger partial charge on any atom is -0.497 e. The molecular formula is C17H14Cl5N3O4. The molecule has 3 amide bonds. The van der Waals surface area contributed by atoms with Gasteiger partial charge in [0.05, 0.1) is 17.2 Å². The quantitative estimate of drug-likeness (QED) is 0.343. The maximum atomic E-state index is 12.2. The molecule has 0 aromatic heterocycles. The Labute approximate surface area is 191 Å². The van der Waals surface area contributed by atoms with Crippen LogP contribution in [0, 0.1) is 0 Å². The zero-order valence-electron chi connectivity index (χ0n) is 14.6. The normalized spacial score (nSPS) is 11.9. The number of nitrogens with one attached hydrogen (secondary N) is 3. The highest BCUT2D eigenvalue weighted by atomic mass is 35.6. The summed E-state index contributed by atoms with van der Waals surface area (Å²) in [7, 11) is 1.51. The number of halogens is 5. The number of rotatable bonds is 5. The van der Waals surface area contributed by atoms with Crippen molar-refractivity contribution in [3.05, 3.63) is 52.5 Å². The van der Waals surface area contributed by atoms with E-state index in [1.54, 1.807) is 24.3 Å². The SMILES string of the molecule is COc1ccc(NC(=O)N[C@@H](OC(=O)Nc2ccc(Cl)c(Cl)c2)C(Cl)(Cl)Cl)cc1. The van der Waals surface area contributed by atoms with Gasteiger partial charge in [-0.15, -0.1) is 0 Å². The van der Waals surface area contributed by atoms with E-state index < -0.39 is 22.1 Å². The van der Waals surface area contributed by atoms with Gasteiger partial charge >= 0.3 is 12.1 Å². The van der Waals surface area contributed by atoms with Crippen molar-refractivity contribution in [2.75, 3.05) is 17.7 Å². The maximum Gasteiger partial charge on any atom is 0.413 e. The molecule has 3 N–H and O–H groups in total. The summed E-state index contributed by atoms with van der Waals surface area (Å²) in [6.07, 6.45) is -2.60. The Hall–Kier alpha value is -1.77. The number of hydrogen-bond donors (Lipinski definition) is 3. The summed E-state index contributed by atoms with van der Waals surface area (Å²) in [4.78, 5) is 24.3. The predicted octanol–water partition coefficient (Wildman–Crippen LogP) is 6.07. The Kier molecular flexibility index (Phi) is 8.36. The molecule has 29 heavy (non-hydrogen) atoms. The number of carbonyl (C=O) groups is 2. The lowest BCUT2D eigenvalue weighted by Gasteiger charge is -2.25. The Balaban J connectivity index is 1.99. The zero-order valence-corrected chi connectivity index (χ0v) is 18.4. The van der Waals surface area contributed by atoms with E-state index in [4.69, 9.17) is 67.5 Å². The number of urea groups is 1. The summed E-state index contributed by atoms with van der Waals surface area (Å²) in [6.45, 7) is 0. The number of hydrogen-bond acceptors (Lipinski definition) is 4. The lowest BCUT2D eigenvalue weighted by atomic mass is 10.3. The fourth-order valence-corrected chi connectivity index (χ4v) is 2.56. The molecule has 0 heterocycles. The van der Waals surface area contributed by atoms with E-state index in [-0.39, 0.29) is 10.7 Å². The van der Waals surface area contributed by atoms with E-state index in [0.717, 1.165) is 0 Å². The Morgan fingerprint density at radius 1 is 0.931 bits per heavy atom. The Bertz CT molecular complexity index is 874. The first-order valence-electron chi connectivity index (χ1n) is 7.79. The van der Waals surface area contributed by atoms with E-state index >= 15 is 0 Å². The monoisotopic (exact) mass is 499 g/mol. The third kappa shape index (κ3) is 7.53. The van der Waals surface area contributed by atoms with E-state index in [1.165, 1.54) is 25.3 Å². The molecule has 2 aromatic carbocycles. The number of carbonyl (C=O) groups excluding carboxylic acids is 2. The molecule has 0 saturated carbocycles. The van der Waals surface area contributed by atoms with Gasteiger partial charge in [-0.25, -0.2) is 9.59 Å². The lowest BCUT2D eigenvalue weighted by Crippen LogP contribution is -2.48. The van der Waals surface area contributed by atoms with E-state index in [9.17, 15) is 9.59 Å². The molecule has 0 saturated heterocycles. The van der Waals surface area contributed by atoms with Crippen LogP contribution < -0.4 is 20.7 Å². The van der Waals surface area contributed by atoms with E-state index in [2.05, 4.69) is 16.0 Å². The summed E-state index contributed by atoms with van der Waals surface area (Å²) >= 11 is 29.1. The zero-order chi connectivity index (χ0) is 21.6. The average molecular weight is 502 g/mol. The summed E-state index contributed by atoms with van der Waals surface area (Å²) in [6, 6.07) is 10.1. The van der Waals surface area contributed by atoms with Crippen LogP contribution in [0.3, 0.4) is 0 Å². The van der Waals surface area contributed by atoms with Gasteiger partial charge in [0, 0.05) is 11.4 Å². The highest BCUT2D eigenvalue weighted by molar-refractivity contribution is 6.68. The molecule has 0 radical (unpaired) electrons. The fourth-order valence-electron chi connectivity index (χ4n) is 1.97. The van der Waals surface area contributed by atoms with Crippen LogP contribution in [0.2, 0.25) is 10.0 Å². The first-order valence-corrected chi connectivity index (χ1v) is 9.68. The second-order valence-corrected chi connectivity index (χ2v) is 8.59. The molecule has 0 fully saturated rings. The van der Waals surface area contributed by atoms with Crippen molar-refractivity contribution in [1.82, 2.24) is 5.32 Å². The van der Waals surface area contributed by atoms with Crippen molar-refractivity contribution in [2.45, 2.75) is 10.0 Å². The van der Waals surface area contributed by atoms with Gasteiger partial charge in [-0.05, 0) is 42.5 Å². The molecule has 0 spiro atoms. The third-order valence-corrected chi connectivity index (χ3v) is 4.63. The molecular weight excluding hydrogens is 487 g/mol. The van der Waals surface area contributed by atoms with Gasteiger partial charge in [0.2, 0.25) is 10.0 Å². The molecule has 0 unspecified atom stereocenters. The molecule has 0 bridgehead atoms. The van der Waals surface area contributed by atoms with Crippen LogP contribution >= 0.6 is 58.0 Å². The summed E-state index contributed by atoms with van der Waals surface area (Å²) < 4.78 is 7.90. The molecule has 2 aromatic rings. The third-order valence-electron chi connectivity index (χ3n) is 3.30. The van der Waals surface area contributed by atoms with Crippen molar-refractivity contribution in [2.24, 2.45) is 0 Å². The fraction of sp³-hybridized carbons (Fsp3) is 0.176. The van der Waals surface area contributed by atoms with E-state index in [0.29, 0.717) is 16.5 Å². The second kappa shape index (κ2) is 10.3. The van der Waals surface area contributed by atoms with Gasteiger partial charge in [-0.2, -0.15) is 0 Å². The van der Waals surface area contributed by atoms with E-state index in [1.807, 2.05) is 0 Å². The van der Waals surface area contributed by atoms with Gasteiger partial charge in [0.25, 0.3) is 0 Å². The summed E-state index contributed by atoms with van der Waals surface area (Å²) in [5.74, 6) is 0.609. The minimum absolute atomic E-state index is 0.222. The molecule has 156 valence electrons. The molecule has 0 aliphatic rings. The van der Waals surface area contributed by atoms with Gasteiger partial charge in [0.15, 0.2) is 0 Å². The minimum atomic E-state index is -2.15. The van der Waals surface area contributed by atoms with Crippen molar-refractivity contribution in [1.29, 1.82) is 0 Å². The molecule has 1 atom stereocenters. The number of methoxy groups -OCH3 is 1. The van der Waals surface area contributed by atoms with Crippen LogP contribution in [-0.4, -0.2) is 29.3 Å². The molecule has 7 nitrogen and oxygen atoms in total. The Morgan fingerprint density at radius 2 is 1.55 bits per heavy atom. The van der Waals surface area contributed by atoms with Crippen LogP contribution in [0.1, 0.15) is 0 Å². The highest BCUT2D eigenvalue weighted by Crippen LogP contribution is 2.31. The number of anilines is 2. The van der Waals surface area contributed by atoms with Gasteiger partial charge in [-0.3, -0.25) is 10.6 Å². The summed E-state index contributed by atoms with van der Waals surface area (Å²) in [5.41, 5.74) is 0.724. The predicted molar refractivity (Wildman–Crippen MR) is 116 cm³/mol. The number of amides is 3. The average Bonchev–Trinajstić information content (AvgIpc) is 2.64. The first-order chi connectivity index (χ1) is 13.6. The molecule has 2 rings (SSSR count). The van der Waals surface area contributed by atoms with Crippen LogP contribution in [0.4, 0.5) is 21.0 Å². The van der Waals surface area contributed by atoms with Gasteiger partial charge < -0.3 is 14.8 Å². The van der Waals surface area contributed by atoms with Crippen LogP contribution in [0.25, 0.3) is 0 Å². The lowest BCUT2D eigenvalue weighted by molar-refractivity contribution is 0.0985. The largest absolute Gasteiger partial charge is 0.497 e. The second-order valence-electron chi connectivity index (χ2n) is 5.41. The smallest absolute Gasteiger partial charge is 0.413 e. The van der Waals surface area contributed by atoms with Gasteiger partial charge in [0.1, 0.15) is 5.75 Å². The Morgan fingerprint density at radius 3 is 2.10 bits per heavy atom. The molecule has 12 heteroatoms. The highest BCUT2D eigenvalue weighted by Gasteiger charge is 2.37. The topological polar surface area (TPSA) is 88.7 Å². The molecule has 0 aliphatic heterocycles. The number of benzene rings is 2. The van der Waals surface area contributed by atoms with Crippen molar-refractivity contribution in [3.63, 3.8) is 0 Å². The first kappa shape index (κ1) is 23.5. The number of ether oxygens (including phenoxy) is 2. The van der Waals surface area contributed by atoms with Crippen LogP contribution in [0.15, 0.2) is 42.5 Å². The molecule has 0 aliphatic carbocycles. The van der Waals surface area contributed by atoms with Crippen LogP contribution in [-0.2, 0) is 4.74 Å². The summed E-state index contributed by atoms with van der Waals surface area (Å²) in [5, 5.41) is 7.68. The van der Waals surface area contributed by atoms with Crippen LogP contribution in [0.5, 0.6) is 5.75 Å². The van der Waals surface area contributed by atoms with Crippen molar-refractivity contribution < 1.29 is 19.1 Å². The number of alkyl halides is 3. The van der Waals surface area contributed by atoms with Gasteiger partial charge in [-0.1, -0.05) is 58.0 Å². The standard InChI is InChI=1S/C17H14Cl5N3O4/c1-28-11-5-2-9(3-6-11)23-15(26)25-14(17(20,21)22)29-16(27)24-10-4-7-12(18)13(19)8-10/h2-8,14H,1H3,(H,24,27)(H2,23,25,26)/t14-/m0/s1.